The molecule has 1 heterocycles. The van der Waals surface area contributed by atoms with Crippen LogP contribution in [0.4, 0.5) is 0 Å². The average molecular weight is 287 g/mol. The predicted octanol–water partition coefficient (Wildman–Crippen LogP) is 4.12. The lowest BCUT2D eigenvalue weighted by Gasteiger charge is -2.17. The molecule has 106 valence electrons. The molecule has 1 aromatic heterocycles. The lowest BCUT2D eigenvalue weighted by Crippen LogP contribution is -2.25. The van der Waals surface area contributed by atoms with Crippen LogP contribution in [-0.4, -0.2) is 17.9 Å². The molecule has 0 bridgehead atoms. The second-order valence-corrected chi connectivity index (χ2v) is 6.05. The monoisotopic (exact) mass is 287 g/mol. The van der Waals surface area contributed by atoms with Crippen molar-refractivity contribution in [2.45, 2.75) is 32.2 Å². The van der Waals surface area contributed by atoms with Crippen molar-refractivity contribution in [2.75, 3.05) is 7.05 Å². The van der Waals surface area contributed by atoms with E-state index in [9.17, 15) is 4.79 Å². The fourth-order valence-electron chi connectivity index (χ4n) is 2.17. The highest BCUT2D eigenvalue weighted by Crippen LogP contribution is 2.13. The number of benzene rings is 1. The maximum atomic E-state index is 12.0. The maximum Gasteiger partial charge on any atom is 0.222 e. The number of hydrogen-bond acceptors (Lipinski definition) is 2. The summed E-state index contributed by atoms with van der Waals surface area (Å²) in [7, 11) is 1.88. The van der Waals surface area contributed by atoms with E-state index in [1.807, 2.05) is 30.1 Å². The first-order valence-corrected chi connectivity index (χ1v) is 7.94. The molecule has 0 radical (unpaired) electrons. The minimum Gasteiger partial charge on any atom is -0.341 e. The number of carbonyl (C=O) groups is 1. The van der Waals surface area contributed by atoms with Crippen molar-refractivity contribution in [3.05, 3.63) is 58.3 Å². The molecule has 0 fully saturated rings. The second-order valence-electron chi connectivity index (χ2n) is 5.02. The summed E-state index contributed by atoms with van der Waals surface area (Å²) in [4.78, 5) is 15.3. The van der Waals surface area contributed by atoms with E-state index in [0.29, 0.717) is 13.0 Å². The Labute approximate surface area is 125 Å². The number of carbonyl (C=O) groups excluding carboxylic acids is 1. The molecule has 0 aliphatic heterocycles. The number of rotatable bonds is 7. The van der Waals surface area contributed by atoms with Gasteiger partial charge in [-0.2, -0.15) is 0 Å². The summed E-state index contributed by atoms with van der Waals surface area (Å²) in [6.07, 6.45) is 3.79. The molecular weight excluding hydrogens is 266 g/mol. The van der Waals surface area contributed by atoms with Gasteiger partial charge in [0.15, 0.2) is 0 Å². The lowest BCUT2D eigenvalue weighted by atomic mass is 10.1. The highest BCUT2D eigenvalue weighted by Gasteiger charge is 2.08. The van der Waals surface area contributed by atoms with Crippen molar-refractivity contribution >= 4 is 17.2 Å². The minimum atomic E-state index is 0.236. The van der Waals surface area contributed by atoms with Gasteiger partial charge in [0, 0.05) is 24.9 Å². The molecule has 20 heavy (non-hydrogen) atoms. The molecule has 0 unspecified atom stereocenters. The topological polar surface area (TPSA) is 20.3 Å². The van der Waals surface area contributed by atoms with Gasteiger partial charge in [-0.15, -0.1) is 11.3 Å². The summed E-state index contributed by atoms with van der Waals surface area (Å²) in [6.45, 7) is 0.699. The molecule has 0 saturated carbocycles. The van der Waals surface area contributed by atoms with Gasteiger partial charge < -0.3 is 4.90 Å². The summed E-state index contributed by atoms with van der Waals surface area (Å²) in [5, 5.41) is 2.11. The number of amides is 1. The van der Waals surface area contributed by atoms with Crippen LogP contribution in [0.2, 0.25) is 0 Å². The van der Waals surface area contributed by atoms with Gasteiger partial charge in [0.2, 0.25) is 5.91 Å². The Morgan fingerprint density at radius 1 is 1.10 bits per heavy atom. The average Bonchev–Trinajstić information content (AvgIpc) is 2.97. The van der Waals surface area contributed by atoms with E-state index in [1.165, 1.54) is 10.4 Å². The van der Waals surface area contributed by atoms with E-state index < -0.39 is 0 Å². The van der Waals surface area contributed by atoms with Crippen molar-refractivity contribution < 1.29 is 4.79 Å². The van der Waals surface area contributed by atoms with Gasteiger partial charge in [-0.05, 0) is 36.3 Å². The summed E-state index contributed by atoms with van der Waals surface area (Å²) in [6, 6.07) is 14.4. The van der Waals surface area contributed by atoms with Gasteiger partial charge >= 0.3 is 0 Å². The molecule has 2 aromatic rings. The Balaban J connectivity index is 1.66. The minimum absolute atomic E-state index is 0.236. The van der Waals surface area contributed by atoms with Gasteiger partial charge in [0.25, 0.3) is 0 Å². The number of thiophene rings is 1. The highest BCUT2D eigenvalue weighted by atomic mass is 32.1. The lowest BCUT2D eigenvalue weighted by molar-refractivity contribution is -0.130. The van der Waals surface area contributed by atoms with Gasteiger partial charge in [-0.3, -0.25) is 4.79 Å². The van der Waals surface area contributed by atoms with Gasteiger partial charge in [-0.25, -0.2) is 0 Å². The van der Waals surface area contributed by atoms with Crippen LogP contribution in [-0.2, 0) is 17.8 Å². The van der Waals surface area contributed by atoms with E-state index >= 15 is 0 Å². The normalized spacial score (nSPS) is 10.4. The Kier molecular flexibility index (Phi) is 5.81. The molecule has 0 aliphatic carbocycles. The van der Waals surface area contributed by atoms with E-state index in [1.54, 1.807) is 11.3 Å². The largest absolute Gasteiger partial charge is 0.341 e. The zero-order valence-corrected chi connectivity index (χ0v) is 12.7. The first kappa shape index (κ1) is 14.8. The van der Waals surface area contributed by atoms with Gasteiger partial charge in [0.1, 0.15) is 0 Å². The SMILES string of the molecule is CN(Cc1ccccc1)C(=O)CCCCc1cccs1. The van der Waals surface area contributed by atoms with Crippen LogP contribution in [0.3, 0.4) is 0 Å². The summed E-state index contributed by atoms with van der Waals surface area (Å²) in [5.74, 6) is 0.236. The Bertz CT molecular complexity index is 507. The quantitative estimate of drug-likeness (QED) is 0.701. The zero-order chi connectivity index (χ0) is 14.2. The van der Waals surface area contributed by atoms with Crippen LogP contribution in [0.1, 0.15) is 29.7 Å². The van der Waals surface area contributed by atoms with Crippen LogP contribution in [0.25, 0.3) is 0 Å². The first-order valence-electron chi connectivity index (χ1n) is 7.06. The van der Waals surface area contributed by atoms with Crippen LogP contribution in [0.5, 0.6) is 0 Å². The smallest absolute Gasteiger partial charge is 0.222 e. The molecule has 0 aliphatic rings. The van der Waals surface area contributed by atoms with Crippen molar-refractivity contribution in [1.82, 2.24) is 4.90 Å². The van der Waals surface area contributed by atoms with E-state index in [2.05, 4.69) is 29.6 Å². The van der Waals surface area contributed by atoms with Crippen LogP contribution in [0.15, 0.2) is 47.8 Å². The molecule has 0 N–H and O–H groups in total. The third kappa shape index (κ3) is 4.82. The standard InChI is InChI=1S/C17H21NOS/c1-18(14-15-8-3-2-4-9-15)17(19)12-6-5-10-16-11-7-13-20-16/h2-4,7-9,11,13H,5-6,10,12,14H2,1H3. The van der Waals surface area contributed by atoms with Crippen molar-refractivity contribution in [3.8, 4) is 0 Å². The second kappa shape index (κ2) is 7.85. The number of aryl methyl sites for hydroxylation is 1. The van der Waals surface area contributed by atoms with Crippen LogP contribution in [0, 0.1) is 0 Å². The first-order chi connectivity index (χ1) is 9.75. The molecule has 3 heteroatoms. The molecule has 2 rings (SSSR count). The number of unbranched alkanes of at least 4 members (excludes halogenated alkanes) is 1. The van der Waals surface area contributed by atoms with E-state index in [-0.39, 0.29) is 5.91 Å². The molecule has 1 amide bonds. The van der Waals surface area contributed by atoms with Gasteiger partial charge in [0.05, 0.1) is 0 Å². The maximum absolute atomic E-state index is 12.0. The van der Waals surface area contributed by atoms with E-state index in [4.69, 9.17) is 0 Å². The molecule has 2 nitrogen and oxygen atoms in total. The summed E-state index contributed by atoms with van der Waals surface area (Å²) >= 11 is 1.79. The Morgan fingerprint density at radius 3 is 2.60 bits per heavy atom. The van der Waals surface area contributed by atoms with Crippen LogP contribution < -0.4 is 0 Å². The van der Waals surface area contributed by atoms with Crippen molar-refractivity contribution in [2.24, 2.45) is 0 Å². The molecule has 0 atom stereocenters. The predicted molar refractivity (Wildman–Crippen MR) is 84.8 cm³/mol. The van der Waals surface area contributed by atoms with Crippen LogP contribution >= 0.6 is 11.3 Å². The van der Waals surface area contributed by atoms with E-state index in [0.717, 1.165) is 19.3 Å². The molecule has 0 spiro atoms. The summed E-state index contributed by atoms with van der Waals surface area (Å²) < 4.78 is 0. The van der Waals surface area contributed by atoms with Crippen molar-refractivity contribution in [1.29, 1.82) is 0 Å². The fourth-order valence-corrected chi connectivity index (χ4v) is 2.92. The number of hydrogen-bond donors (Lipinski definition) is 0. The third-order valence-electron chi connectivity index (χ3n) is 3.33. The number of nitrogens with zero attached hydrogens (tertiary/aromatic N) is 1. The molecular formula is C17H21NOS. The fraction of sp³-hybridized carbons (Fsp3) is 0.353. The highest BCUT2D eigenvalue weighted by molar-refractivity contribution is 7.09. The Hall–Kier alpha value is -1.61. The molecule has 1 aromatic carbocycles. The summed E-state index contributed by atoms with van der Waals surface area (Å²) in [5.41, 5.74) is 1.18. The molecule has 0 saturated heterocycles. The van der Waals surface area contributed by atoms with Gasteiger partial charge in [-0.1, -0.05) is 36.4 Å². The van der Waals surface area contributed by atoms with Crippen molar-refractivity contribution in [3.63, 3.8) is 0 Å². The Morgan fingerprint density at radius 2 is 1.90 bits per heavy atom. The zero-order valence-electron chi connectivity index (χ0n) is 11.9. The third-order valence-corrected chi connectivity index (χ3v) is 4.27.